The second kappa shape index (κ2) is 9.57. The predicted molar refractivity (Wildman–Crippen MR) is 143 cm³/mol. The van der Waals surface area contributed by atoms with Gasteiger partial charge in [-0.2, -0.15) is 5.26 Å². The van der Waals surface area contributed by atoms with Crippen LogP contribution in [0.15, 0.2) is 77.9 Å². The van der Waals surface area contributed by atoms with Gasteiger partial charge in [0.15, 0.2) is 10.9 Å². The summed E-state index contributed by atoms with van der Waals surface area (Å²) in [6.45, 7) is 5.11. The molecule has 0 fully saturated rings. The third-order valence-electron chi connectivity index (χ3n) is 6.16. The maximum absolute atomic E-state index is 13.3. The van der Waals surface area contributed by atoms with E-state index in [2.05, 4.69) is 22.0 Å². The summed E-state index contributed by atoms with van der Waals surface area (Å²) >= 11 is 4.76. The second-order valence-corrected chi connectivity index (χ2v) is 10.9. The molecule has 5 rings (SSSR count). The molecule has 5 aromatic rings. The first-order valence-corrected chi connectivity index (χ1v) is 13.0. The van der Waals surface area contributed by atoms with Gasteiger partial charge in [0.05, 0.1) is 28.4 Å². The van der Waals surface area contributed by atoms with Crippen LogP contribution in [0.1, 0.15) is 31.6 Å². The summed E-state index contributed by atoms with van der Waals surface area (Å²) in [6, 6.07) is 19.4. The Morgan fingerprint density at radius 3 is 2.62 bits per heavy atom. The number of carbonyl (C=O) groups is 1. The van der Waals surface area contributed by atoms with Gasteiger partial charge in [-0.05, 0) is 43.7 Å². The molecule has 0 aliphatic carbocycles. The highest BCUT2D eigenvalue weighted by molar-refractivity contribution is 9.10. The fourth-order valence-corrected chi connectivity index (χ4v) is 5.44. The first-order chi connectivity index (χ1) is 17.7. The quantitative estimate of drug-likeness (QED) is 0.165. The minimum atomic E-state index is -1.08. The number of halogens is 1. The summed E-state index contributed by atoms with van der Waals surface area (Å²) in [4.78, 5) is 29.6. The van der Waals surface area contributed by atoms with Crippen LogP contribution < -0.4 is 10.6 Å². The highest BCUT2D eigenvalue weighted by Crippen LogP contribution is 2.41. The summed E-state index contributed by atoms with van der Waals surface area (Å²) in [5, 5.41) is 11.9. The topological polar surface area (TPSA) is 111 Å². The fourth-order valence-electron chi connectivity index (χ4n) is 3.99. The standard InChI is InChI=1S/C27H20BrN3O5S/c1-4-27(3,24(32)35-23-15(2)34-26(33)36-23)37-25-30-20-13-17(28)10-12-22(20)31(25)21-11-9-16(14-29)18-7-5-6-8-19(18)21/h5-13H,4H2,1-3H3. The number of rotatable bonds is 6. The molecule has 3 aromatic carbocycles. The Morgan fingerprint density at radius 1 is 1.19 bits per heavy atom. The van der Waals surface area contributed by atoms with Crippen molar-refractivity contribution >= 4 is 55.5 Å². The van der Waals surface area contributed by atoms with Crippen LogP contribution in [0.4, 0.5) is 0 Å². The maximum atomic E-state index is 13.3. The number of ether oxygens (including phenoxy) is 1. The third kappa shape index (κ3) is 4.45. The van der Waals surface area contributed by atoms with Gasteiger partial charge in [0.2, 0.25) is 0 Å². The molecule has 0 bridgehead atoms. The normalized spacial score (nSPS) is 12.9. The summed E-state index contributed by atoms with van der Waals surface area (Å²) in [5.41, 5.74) is 2.96. The number of thioether (sulfide) groups is 1. The Balaban J connectivity index is 1.67. The Labute approximate surface area is 224 Å². The van der Waals surface area contributed by atoms with Gasteiger partial charge in [0.1, 0.15) is 4.75 Å². The van der Waals surface area contributed by atoms with Crippen molar-refractivity contribution in [2.75, 3.05) is 0 Å². The van der Waals surface area contributed by atoms with Crippen LogP contribution in [0.3, 0.4) is 0 Å². The zero-order valence-electron chi connectivity index (χ0n) is 20.1. The Kier molecular flexibility index (Phi) is 6.43. The van der Waals surface area contributed by atoms with Gasteiger partial charge in [0.25, 0.3) is 0 Å². The van der Waals surface area contributed by atoms with Crippen molar-refractivity contribution in [2.45, 2.75) is 37.1 Å². The summed E-state index contributed by atoms with van der Waals surface area (Å²) < 4.78 is 16.9. The molecule has 0 spiro atoms. The van der Waals surface area contributed by atoms with Crippen LogP contribution in [-0.4, -0.2) is 20.3 Å². The van der Waals surface area contributed by atoms with Crippen molar-refractivity contribution in [3.05, 3.63) is 81.0 Å². The van der Waals surface area contributed by atoms with Crippen molar-refractivity contribution in [2.24, 2.45) is 0 Å². The van der Waals surface area contributed by atoms with E-state index in [1.165, 1.54) is 18.7 Å². The molecule has 0 N–H and O–H groups in total. The van der Waals surface area contributed by atoms with Crippen molar-refractivity contribution in [1.29, 1.82) is 5.26 Å². The number of carbonyl (C=O) groups excluding carboxylic acids is 1. The number of nitrogens with zero attached hydrogens (tertiary/aromatic N) is 3. The molecule has 0 aliphatic rings. The van der Waals surface area contributed by atoms with Crippen molar-refractivity contribution in [1.82, 2.24) is 9.55 Å². The van der Waals surface area contributed by atoms with E-state index in [-0.39, 0.29) is 11.7 Å². The summed E-state index contributed by atoms with van der Waals surface area (Å²) in [6.07, 6.45) is 0.401. The number of nitriles is 1. The number of hydrogen-bond acceptors (Lipinski definition) is 8. The maximum Gasteiger partial charge on any atom is 0.521 e. The highest BCUT2D eigenvalue weighted by atomic mass is 79.9. The lowest BCUT2D eigenvalue weighted by Crippen LogP contribution is -2.35. The van der Waals surface area contributed by atoms with Crippen molar-refractivity contribution in [3.63, 3.8) is 0 Å². The molecule has 0 radical (unpaired) electrons. The molecule has 0 aliphatic heterocycles. The Morgan fingerprint density at radius 2 is 1.95 bits per heavy atom. The van der Waals surface area contributed by atoms with Gasteiger partial charge >= 0.3 is 17.7 Å². The van der Waals surface area contributed by atoms with E-state index in [1.54, 1.807) is 13.0 Å². The van der Waals surface area contributed by atoms with Crippen LogP contribution in [0, 0.1) is 18.3 Å². The van der Waals surface area contributed by atoms with Crippen molar-refractivity contribution in [3.8, 4) is 17.7 Å². The summed E-state index contributed by atoms with van der Waals surface area (Å²) in [7, 11) is 0. The van der Waals surface area contributed by atoms with Gasteiger partial charge in [-0.25, -0.2) is 9.78 Å². The van der Waals surface area contributed by atoms with Crippen molar-refractivity contribution < 1.29 is 18.4 Å². The number of aromatic nitrogens is 2. The minimum Gasteiger partial charge on any atom is -0.392 e. The summed E-state index contributed by atoms with van der Waals surface area (Å²) in [5.74, 6) is -1.71. The van der Waals surface area contributed by atoms with Crippen LogP contribution in [0.5, 0.6) is 5.95 Å². The molecule has 1 atom stereocenters. The van der Waals surface area contributed by atoms with Crippen LogP contribution in [0.25, 0.3) is 27.5 Å². The zero-order valence-corrected chi connectivity index (χ0v) is 22.5. The molecule has 37 heavy (non-hydrogen) atoms. The molecular formula is C27H20BrN3O5S. The van der Waals surface area contributed by atoms with Crippen LogP contribution in [-0.2, 0) is 4.79 Å². The van der Waals surface area contributed by atoms with E-state index in [0.717, 1.165) is 32.0 Å². The number of fused-ring (bicyclic) bond motifs is 2. The van der Waals surface area contributed by atoms with Gasteiger partial charge in [-0.1, -0.05) is 58.9 Å². The first-order valence-electron chi connectivity index (χ1n) is 11.4. The largest absolute Gasteiger partial charge is 0.521 e. The van der Waals surface area contributed by atoms with E-state index in [9.17, 15) is 14.9 Å². The lowest BCUT2D eigenvalue weighted by Gasteiger charge is -2.24. The average Bonchev–Trinajstić information content (AvgIpc) is 3.39. The predicted octanol–water partition coefficient (Wildman–Crippen LogP) is 6.53. The molecule has 2 aromatic heterocycles. The molecular weight excluding hydrogens is 558 g/mol. The fraction of sp³-hybridized carbons (Fsp3) is 0.185. The van der Waals surface area contributed by atoms with Gasteiger partial charge in [-0.3, -0.25) is 9.36 Å². The Hall–Kier alpha value is -3.81. The lowest BCUT2D eigenvalue weighted by atomic mass is 10.0. The average molecular weight is 578 g/mol. The van der Waals surface area contributed by atoms with Crippen LogP contribution >= 0.6 is 27.7 Å². The number of aryl methyl sites for hydroxylation is 1. The monoisotopic (exact) mass is 577 g/mol. The molecule has 10 heteroatoms. The Bertz CT molecular complexity index is 1780. The van der Waals surface area contributed by atoms with Gasteiger partial charge < -0.3 is 13.6 Å². The number of hydrogen-bond donors (Lipinski definition) is 0. The SMILES string of the molecule is CCC(C)(Sc1nc2cc(Br)ccc2n1-c1ccc(C#N)c2ccccc12)C(=O)Oc1oc(=O)oc1C. The molecule has 8 nitrogen and oxygen atoms in total. The third-order valence-corrected chi connectivity index (χ3v) is 8.01. The minimum absolute atomic E-state index is 0.0861. The van der Waals surface area contributed by atoms with Crippen LogP contribution in [0.2, 0.25) is 0 Å². The highest BCUT2D eigenvalue weighted by Gasteiger charge is 2.38. The first kappa shape index (κ1) is 24.9. The van der Waals surface area contributed by atoms with Gasteiger partial charge in [-0.15, -0.1) is 0 Å². The van der Waals surface area contributed by atoms with Gasteiger partial charge in [0, 0.05) is 22.2 Å². The number of esters is 1. The van der Waals surface area contributed by atoms with E-state index >= 15 is 0 Å². The zero-order chi connectivity index (χ0) is 26.3. The van der Waals surface area contributed by atoms with E-state index in [4.69, 9.17) is 18.6 Å². The molecule has 1 unspecified atom stereocenters. The smallest absolute Gasteiger partial charge is 0.392 e. The molecule has 0 amide bonds. The molecule has 2 heterocycles. The number of imidazole rings is 1. The van der Waals surface area contributed by atoms with E-state index in [1.807, 2.05) is 60.0 Å². The van der Waals surface area contributed by atoms with E-state index < -0.39 is 16.5 Å². The number of benzene rings is 3. The molecule has 0 saturated heterocycles. The van der Waals surface area contributed by atoms with E-state index in [0.29, 0.717) is 17.1 Å². The lowest BCUT2D eigenvalue weighted by molar-refractivity contribution is -0.138. The second-order valence-electron chi connectivity index (χ2n) is 8.53. The molecule has 0 saturated carbocycles. The molecule has 186 valence electrons.